The van der Waals surface area contributed by atoms with Crippen molar-refractivity contribution in [3.05, 3.63) is 12.2 Å². The van der Waals surface area contributed by atoms with Crippen molar-refractivity contribution in [1.82, 2.24) is 9.80 Å². The summed E-state index contributed by atoms with van der Waals surface area (Å²) in [5.74, 6) is -3.15. The zero-order valence-electron chi connectivity index (χ0n) is 16.2. The molecule has 10 heteroatoms. The van der Waals surface area contributed by atoms with E-state index in [9.17, 15) is 24.6 Å². The number of carbonyl (C=O) groups is 3. The van der Waals surface area contributed by atoms with Gasteiger partial charge in [0.1, 0.15) is 0 Å². The number of aliphatic hydroxyl groups excluding tert-OH is 1. The monoisotopic (exact) mass is 380 g/mol. The summed E-state index contributed by atoms with van der Waals surface area (Å²) in [6.07, 6.45) is 3.09. The molecule has 150 valence electrons. The van der Waals surface area contributed by atoms with E-state index in [2.05, 4.69) is 0 Å². The largest absolute Gasteiger partial charge is 1.00 e. The normalized spacial score (nSPS) is 12.3. The molecule has 0 aliphatic heterocycles. The maximum atomic E-state index is 10.8. The van der Waals surface area contributed by atoms with E-state index in [0.29, 0.717) is 13.1 Å². The van der Waals surface area contributed by atoms with Gasteiger partial charge in [-0.1, -0.05) is 19.1 Å². The van der Waals surface area contributed by atoms with Crippen molar-refractivity contribution < 1.29 is 53.7 Å². The second-order valence-corrected chi connectivity index (χ2v) is 5.96. The third kappa shape index (κ3) is 17.8. The summed E-state index contributed by atoms with van der Waals surface area (Å²) in [6.45, 7) is 3.51. The fourth-order valence-electron chi connectivity index (χ4n) is 2.29. The van der Waals surface area contributed by atoms with Crippen molar-refractivity contribution in [1.29, 1.82) is 0 Å². The van der Waals surface area contributed by atoms with Gasteiger partial charge in [-0.3, -0.25) is 14.5 Å². The predicted molar refractivity (Wildman–Crippen MR) is 92.4 cm³/mol. The Labute approximate surface area is 171 Å². The number of hydrogen-bond acceptors (Lipinski definition) is 7. The first-order chi connectivity index (χ1) is 12.2. The van der Waals surface area contributed by atoms with Gasteiger partial charge in [0.25, 0.3) is 0 Å². The summed E-state index contributed by atoms with van der Waals surface area (Å²) >= 11 is 0. The van der Waals surface area contributed by atoms with Gasteiger partial charge < -0.3 is 30.1 Å². The van der Waals surface area contributed by atoms with E-state index in [-0.39, 0.29) is 64.3 Å². The molecule has 27 heavy (non-hydrogen) atoms. The third-order valence-corrected chi connectivity index (χ3v) is 3.69. The van der Waals surface area contributed by atoms with Crippen molar-refractivity contribution in [3.63, 3.8) is 0 Å². The van der Waals surface area contributed by atoms with Crippen LogP contribution in [0.3, 0.4) is 0 Å². The minimum Gasteiger partial charge on any atom is -0.550 e. The van der Waals surface area contributed by atoms with Gasteiger partial charge >= 0.3 is 30.8 Å². The first-order valence-corrected chi connectivity index (χ1v) is 8.67. The Hall–Kier alpha value is -1.37. The van der Waals surface area contributed by atoms with Crippen LogP contribution in [0.25, 0.3) is 0 Å². The van der Waals surface area contributed by atoms with Crippen molar-refractivity contribution in [2.75, 3.05) is 39.3 Å². The number of hydrogen-bond donors (Lipinski definition) is 3. The number of allylic oxidation sites excluding steroid dienone is 1. The summed E-state index contributed by atoms with van der Waals surface area (Å²) in [5.41, 5.74) is 0. The van der Waals surface area contributed by atoms with Gasteiger partial charge in [-0.05, 0) is 12.8 Å². The zero-order chi connectivity index (χ0) is 19.9. The van der Waals surface area contributed by atoms with E-state index in [4.69, 9.17) is 10.2 Å². The smallest absolute Gasteiger partial charge is 0.550 e. The number of nitrogens with zero attached hydrogens (tertiary/aromatic N) is 2. The minimum atomic E-state index is -1.21. The third-order valence-electron chi connectivity index (χ3n) is 3.69. The number of carboxylic acid groups (broad SMARTS) is 3. The van der Waals surface area contributed by atoms with Gasteiger partial charge in [0, 0.05) is 45.2 Å². The van der Waals surface area contributed by atoms with Gasteiger partial charge in [-0.15, -0.1) is 0 Å². The first kappa shape index (κ1) is 27.8. The van der Waals surface area contributed by atoms with Crippen LogP contribution in [0.5, 0.6) is 0 Å². The molecular formula is C17H29LiN2O7. The van der Waals surface area contributed by atoms with Crippen molar-refractivity contribution in [3.8, 4) is 0 Å². The second-order valence-electron chi connectivity index (χ2n) is 5.96. The molecule has 0 fully saturated rings. The second kappa shape index (κ2) is 16.8. The quantitative estimate of drug-likeness (QED) is 0.180. The van der Waals surface area contributed by atoms with Crippen LogP contribution in [-0.4, -0.2) is 88.4 Å². The van der Waals surface area contributed by atoms with E-state index in [0.717, 1.165) is 6.42 Å². The van der Waals surface area contributed by atoms with Crippen LogP contribution < -0.4 is 24.0 Å². The summed E-state index contributed by atoms with van der Waals surface area (Å²) in [5, 5.41) is 38.3. The fourth-order valence-corrected chi connectivity index (χ4v) is 2.29. The Bertz CT molecular complexity index is 456. The van der Waals surface area contributed by atoms with E-state index in [1.807, 2.05) is 13.0 Å². The average molecular weight is 380 g/mol. The molecule has 0 radical (unpaired) electrons. The summed E-state index contributed by atoms with van der Waals surface area (Å²) < 4.78 is 0. The van der Waals surface area contributed by atoms with Crippen molar-refractivity contribution in [2.45, 2.75) is 38.7 Å². The number of carbonyl (C=O) groups excluding carboxylic acids is 1. The van der Waals surface area contributed by atoms with Crippen LogP contribution >= 0.6 is 0 Å². The van der Waals surface area contributed by atoms with E-state index >= 15 is 0 Å². The van der Waals surface area contributed by atoms with Crippen LogP contribution in [0.4, 0.5) is 0 Å². The summed E-state index contributed by atoms with van der Waals surface area (Å²) in [4.78, 5) is 35.6. The molecule has 0 saturated carbocycles. The molecule has 0 spiro atoms. The SMILES string of the molecule is CC/C=C/C(O)CN(CCC(=O)O)CCN(CCC(=O)[O-])CCC(=O)O.[Li+]. The molecular weight excluding hydrogens is 351 g/mol. The Kier molecular flexibility index (Phi) is 17.3. The molecule has 3 N–H and O–H groups in total. The molecule has 0 aliphatic carbocycles. The standard InChI is InChI=1S/C17H30N2O7.Li/c1-2-3-4-14(20)13-19(10-7-17(25)26)12-11-18(8-5-15(21)22)9-6-16(23)24;/h3-4,14,20H,2,5-13H2,1H3,(H,21,22)(H,23,24)(H,25,26);/q;+1/p-1/b4-3+;. The van der Waals surface area contributed by atoms with Gasteiger partial charge in [-0.2, -0.15) is 0 Å². The molecule has 0 bridgehead atoms. The number of aliphatic hydroxyl groups is 1. The molecule has 0 aromatic heterocycles. The van der Waals surface area contributed by atoms with E-state index in [1.54, 1.807) is 15.9 Å². The molecule has 0 rings (SSSR count). The molecule has 0 aliphatic rings. The maximum Gasteiger partial charge on any atom is 1.00 e. The van der Waals surface area contributed by atoms with Crippen LogP contribution in [0.2, 0.25) is 0 Å². The molecule has 0 heterocycles. The Morgan fingerprint density at radius 1 is 0.926 bits per heavy atom. The summed E-state index contributed by atoms with van der Waals surface area (Å²) in [7, 11) is 0. The summed E-state index contributed by atoms with van der Waals surface area (Å²) in [6, 6.07) is 0. The minimum absolute atomic E-state index is 0. The predicted octanol–water partition coefficient (Wildman–Crippen LogP) is -3.99. The van der Waals surface area contributed by atoms with Crippen LogP contribution in [0.15, 0.2) is 12.2 Å². The topological polar surface area (TPSA) is 141 Å². The van der Waals surface area contributed by atoms with Gasteiger partial charge in [0.15, 0.2) is 0 Å². The fraction of sp³-hybridized carbons (Fsp3) is 0.706. The molecule has 0 amide bonds. The molecule has 0 aromatic rings. The van der Waals surface area contributed by atoms with Gasteiger partial charge in [-0.25, -0.2) is 0 Å². The van der Waals surface area contributed by atoms with Crippen LogP contribution in [0, 0.1) is 0 Å². The Balaban J connectivity index is 0. The van der Waals surface area contributed by atoms with Crippen molar-refractivity contribution >= 4 is 17.9 Å². The first-order valence-electron chi connectivity index (χ1n) is 8.67. The maximum absolute atomic E-state index is 10.8. The molecule has 0 aromatic carbocycles. The number of rotatable bonds is 16. The molecule has 1 atom stereocenters. The van der Waals surface area contributed by atoms with Crippen LogP contribution in [0.1, 0.15) is 32.6 Å². The van der Waals surface area contributed by atoms with Crippen molar-refractivity contribution in [2.24, 2.45) is 0 Å². The molecule has 1 unspecified atom stereocenters. The van der Waals surface area contributed by atoms with Crippen LogP contribution in [-0.2, 0) is 14.4 Å². The number of carboxylic acids is 3. The van der Waals surface area contributed by atoms with E-state index < -0.39 is 24.0 Å². The van der Waals surface area contributed by atoms with Gasteiger partial charge in [0.2, 0.25) is 0 Å². The number of aliphatic carboxylic acids is 3. The molecule has 0 saturated heterocycles. The Morgan fingerprint density at radius 2 is 1.41 bits per heavy atom. The average Bonchev–Trinajstić information content (AvgIpc) is 2.56. The molecule has 9 nitrogen and oxygen atoms in total. The Morgan fingerprint density at radius 3 is 1.89 bits per heavy atom. The zero-order valence-corrected chi connectivity index (χ0v) is 16.2. The van der Waals surface area contributed by atoms with Gasteiger partial charge in [0.05, 0.1) is 18.9 Å². The van der Waals surface area contributed by atoms with E-state index in [1.165, 1.54) is 0 Å².